The van der Waals surface area contributed by atoms with Crippen LogP contribution in [-0.2, 0) is 19.8 Å². The van der Waals surface area contributed by atoms with Gasteiger partial charge in [0.1, 0.15) is 0 Å². The summed E-state index contributed by atoms with van der Waals surface area (Å²) < 4.78 is 0. The van der Waals surface area contributed by atoms with Gasteiger partial charge in [0.25, 0.3) is 0 Å². The molecule has 1 heterocycles. The predicted molar refractivity (Wildman–Crippen MR) is 150 cm³/mol. The number of amides is 1. The van der Waals surface area contributed by atoms with E-state index >= 15 is 0 Å². The van der Waals surface area contributed by atoms with Crippen LogP contribution in [0.4, 0.5) is 0 Å². The third-order valence-corrected chi connectivity index (χ3v) is 7.60. The molecule has 1 aromatic carbocycles. The van der Waals surface area contributed by atoms with Gasteiger partial charge in [-0.05, 0) is 36.9 Å². The number of carbonyl (C=O) groups is 3. The molecular weight excluding hydrogens is 466 g/mol. The number of rotatable bonds is 11. The number of aromatic nitrogens is 1. The zero-order valence-corrected chi connectivity index (χ0v) is 24.1. The van der Waals surface area contributed by atoms with Crippen molar-refractivity contribution in [1.82, 2.24) is 15.2 Å². The van der Waals surface area contributed by atoms with Crippen LogP contribution in [0.25, 0.3) is 10.9 Å². The molecule has 3 N–H and O–H groups in total. The second-order valence-corrected chi connectivity index (χ2v) is 12.1. The number of carbonyl (C=O) groups excluding carboxylic acids is 2. The van der Waals surface area contributed by atoms with E-state index in [4.69, 9.17) is 0 Å². The molecule has 2 aromatic rings. The molecule has 7 heteroatoms. The Morgan fingerprint density at radius 1 is 1.11 bits per heavy atom. The van der Waals surface area contributed by atoms with Gasteiger partial charge in [-0.2, -0.15) is 0 Å². The van der Waals surface area contributed by atoms with Crippen LogP contribution in [0.2, 0.25) is 0 Å². The summed E-state index contributed by atoms with van der Waals surface area (Å²) in [5.41, 5.74) is 1.24. The van der Waals surface area contributed by atoms with Crippen LogP contribution in [0.3, 0.4) is 0 Å². The molecule has 0 saturated heterocycles. The van der Waals surface area contributed by atoms with Gasteiger partial charge in [-0.3, -0.25) is 9.59 Å². The summed E-state index contributed by atoms with van der Waals surface area (Å²) in [7, 11) is 3.49. The predicted octanol–water partition coefficient (Wildman–Crippen LogP) is 5.17. The van der Waals surface area contributed by atoms with Gasteiger partial charge in [-0.15, -0.1) is 0 Å². The molecule has 204 valence electrons. The number of ketones is 1. The fourth-order valence-electron chi connectivity index (χ4n) is 5.24. The first-order valence-corrected chi connectivity index (χ1v) is 13.0. The first-order chi connectivity index (χ1) is 17.0. The van der Waals surface area contributed by atoms with Crippen molar-refractivity contribution < 1.29 is 19.5 Å². The van der Waals surface area contributed by atoms with Crippen molar-refractivity contribution in [2.75, 3.05) is 14.1 Å². The van der Waals surface area contributed by atoms with E-state index in [9.17, 15) is 19.5 Å². The summed E-state index contributed by atoms with van der Waals surface area (Å²) in [6.07, 6.45) is 3.67. The molecule has 0 bridgehead atoms. The number of para-hydroxylation sites is 1. The van der Waals surface area contributed by atoms with Crippen LogP contribution < -0.4 is 5.32 Å². The zero-order chi connectivity index (χ0) is 28.3. The van der Waals surface area contributed by atoms with Crippen molar-refractivity contribution >= 4 is 28.6 Å². The van der Waals surface area contributed by atoms with E-state index in [0.717, 1.165) is 16.5 Å². The van der Waals surface area contributed by atoms with Gasteiger partial charge < -0.3 is 20.3 Å². The minimum absolute atomic E-state index is 0.00503. The van der Waals surface area contributed by atoms with E-state index in [2.05, 4.69) is 30.2 Å². The maximum absolute atomic E-state index is 13.9. The Bertz CT molecular complexity index is 1150. The fourth-order valence-corrected chi connectivity index (χ4v) is 5.24. The normalized spacial score (nSPS) is 15.5. The van der Waals surface area contributed by atoms with Crippen molar-refractivity contribution in [3.63, 3.8) is 0 Å². The number of carboxylic acid groups (broad SMARTS) is 1. The van der Waals surface area contributed by atoms with Gasteiger partial charge in [0.05, 0.1) is 12.1 Å². The molecule has 0 spiro atoms. The minimum Gasteiger partial charge on any atom is -0.478 e. The average Bonchev–Trinajstić information content (AvgIpc) is 3.24. The molecule has 0 radical (unpaired) electrons. The molecule has 0 aliphatic heterocycles. The lowest BCUT2D eigenvalue weighted by Crippen LogP contribution is -2.52. The highest BCUT2D eigenvalue weighted by atomic mass is 16.4. The second-order valence-electron chi connectivity index (χ2n) is 12.1. The van der Waals surface area contributed by atoms with Crippen molar-refractivity contribution in [3.8, 4) is 0 Å². The summed E-state index contributed by atoms with van der Waals surface area (Å²) in [5.74, 6) is -1.76. The lowest BCUT2D eigenvalue weighted by molar-refractivity contribution is -0.143. The number of hydrogen-bond donors (Lipinski definition) is 3. The third-order valence-electron chi connectivity index (χ3n) is 7.60. The van der Waals surface area contributed by atoms with Crippen LogP contribution >= 0.6 is 0 Å². The van der Waals surface area contributed by atoms with Gasteiger partial charge in [-0.1, -0.05) is 72.7 Å². The van der Waals surface area contributed by atoms with E-state index in [1.165, 1.54) is 6.92 Å². The molecule has 1 unspecified atom stereocenters. The quantitative estimate of drug-likeness (QED) is 0.361. The van der Waals surface area contributed by atoms with Gasteiger partial charge in [0.15, 0.2) is 5.78 Å². The number of nitrogens with zero attached hydrogens (tertiary/aromatic N) is 1. The van der Waals surface area contributed by atoms with Crippen molar-refractivity contribution in [2.24, 2.45) is 17.3 Å². The number of carboxylic acids is 1. The van der Waals surface area contributed by atoms with Gasteiger partial charge in [0.2, 0.25) is 5.91 Å². The van der Waals surface area contributed by atoms with Crippen LogP contribution in [0.15, 0.2) is 42.1 Å². The molecule has 7 nitrogen and oxygen atoms in total. The van der Waals surface area contributed by atoms with E-state index in [0.29, 0.717) is 0 Å². The summed E-state index contributed by atoms with van der Waals surface area (Å²) in [6, 6.07) is 7.12. The van der Waals surface area contributed by atoms with Crippen molar-refractivity contribution in [3.05, 3.63) is 47.7 Å². The maximum Gasteiger partial charge on any atom is 0.331 e. The van der Waals surface area contributed by atoms with E-state index in [-0.39, 0.29) is 29.6 Å². The van der Waals surface area contributed by atoms with E-state index < -0.39 is 34.8 Å². The van der Waals surface area contributed by atoms with E-state index in [1.54, 1.807) is 25.1 Å². The highest BCUT2D eigenvalue weighted by Gasteiger charge is 2.42. The Balaban J connectivity index is 2.40. The number of aromatic amines is 1. The van der Waals surface area contributed by atoms with Gasteiger partial charge in [-0.25, -0.2) is 4.79 Å². The molecule has 1 aromatic heterocycles. The molecule has 0 saturated carbocycles. The Labute approximate surface area is 221 Å². The Hall–Kier alpha value is -2.93. The standard InChI is InChI=1S/C30H45N3O4/c1-18(2)24(15-19(3)28(36)37)33(10)27(35)21(29(4,5)6)16-25(34)26(31-9)30(7,8)22-17-32-23-14-12-11-13-20(22)23/h11-15,17-18,21,24,26,31-32H,16H2,1-10H3,(H,36,37)/b19-15+/t21-,24-,26?/m1/s1. The largest absolute Gasteiger partial charge is 0.478 e. The van der Waals surface area contributed by atoms with Crippen LogP contribution in [0.5, 0.6) is 0 Å². The Morgan fingerprint density at radius 3 is 2.22 bits per heavy atom. The summed E-state index contributed by atoms with van der Waals surface area (Å²) in [5, 5.41) is 13.7. The molecule has 1 amide bonds. The number of nitrogens with one attached hydrogen (secondary N) is 2. The third kappa shape index (κ3) is 6.69. The molecule has 2 rings (SSSR count). The van der Waals surface area contributed by atoms with Crippen LogP contribution in [-0.4, -0.2) is 58.8 Å². The number of aliphatic carboxylic acids is 1. The molecule has 0 fully saturated rings. The minimum atomic E-state index is -1.01. The first kappa shape index (κ1) is 30.3. The Kier molecular flexibility index (Phi) is 9.53. The SMILES string of the molecule is CNC(C(=O)C[C@H](C(=O)N(C)[C@H](/C=C(\C)C(=O)O)C(C)C)C(C)(C)C)C(C)(C)c1c[nH]c2ccccc12. The number of H-pyrrole nitrogens is 1. The lowest BCUT2D eigenvalue weighted by atomic mass is 9.71. The first-order valence-electron chi connectivity index (χ1n) is 13.0. The average molecular weight is 512 g/mol. The number of hydrogen-bond acceptors (Lipinski definition) is 4. The summed E-state index contributed by atoms with van der Waals surface area (Å²) >= 11 is 0. The Morgan fingerprint density at radius 2 is 1.70 bits per heavy atom. The zero-order valence-electron chi connectivity index (χ0n) is 24.1. The second kappa shape index (κ2) is 11.6. The van der Waals surface area contributed by atoms with Gasteiger partial charge >= 0.3 is 5.97 Å². The van der Waals surface area contributed by atoms with Crippen LogP contribution in [0, 0.1) is 17.3 Å². The monoisotopic (exact) mass is 511 g/mol. The van der Waals surface area contributed by atoms with Crippen molar-refractivity contribution in [2.45, 2.75) is 79.3 Å². The summed E-state index contributed by atoms with van der Waals surface area (Å²) in [4.78, 5) is 44.1. The topological polar surface area (TPSA) is 102 Å². The smallest absolute Gasteiger partial charge is 0.331 e. The molecule has 3 atom stereocenters. The number of likely N-dealkylation sites (N-methyl/N-ethyl adjacent to an activating group) is 2. The highest BCUT2D eigenvalue weighted by molar-refractivity contribution is 5.93. The highest BCUT2D eigenvalue weighted by Crippen LogP contribution is 2.37. The molecule has 0 aliphatic carbocycles. The maximum atomic E-state index is 13.9. The summed E-state index contributed by atoms with van der Waals surface area (Å²) in [6.45, 7) is 15.5. The number of benzene rings is 1. The number of Topliss-reactive ketones (excluding diaryl/α,β-unsaturated/α-hetero) is 1. The van der Waals surface area contributed by atoms with Gasteiger partial charge in [0, 0.05) is 47.5 Å². The van der Waals surface area contributed by atoms with Crippen LogP contribution in [0.1, 0.15) is 67.4 Å². The molecule has 37 heavy (non-hydrogen) atoms. The molecular formula is C30H45N3O4. The van der Waals surface area contributed by atoms with Crippen molar-refractivity contribution in [1.29, 1.82) is 0 Å². The molecule has 0 aliphatic rings. The van der Waals surface area contributed by atoms with E-state index in [1.807, 2.05) is 59.0 Å². The number of fused-ring (bicyclic) bond motifs is 1. The lowest BCUT2D eigenvalue weighted by Gasteiger charge is -2.39. The fraction of sp³-hybridized carbons (Fsp3) is 0.567.